The summed E-state index contributed by atoms with van der Waals surface area (Å²) in [7, 11) is 0. The van der Waals surface area contributed by atoms with Crippen LogP contribution in [0.15, 0.2) is 48.5 Å². The molecule has 124 valence electrons. The average Bonchev–Trinajstić information content (AvgIpc) is 2.94. The van der Waals surface area contributed by atoms with Gasteiger partial charge in [0.25, 0.3) is 0 Å². The Hall–Kier alpha value is -2.42. The number of benzene rings is 2. The van der Waals surface area contributed by atoms with Crippen molar-refractivity contribution < 1.29 is 4.79 Å². The van der Waals surface area contributed by atoms with Crippen molar-refractivity contribution in [3.8, 4) is 5.69 Å². The summed E-state index contributed by atoms with van der Waals surface area (Å²) < 4.78 is 2.13. The molecule has 3 aromatic rings. The lowest BCUT2D eigenvalue weighted by Gasteiger charge is -2.08. The largest absolute Gasteiger partial charge is 0.297 e. The zero-order valence-corrected chi connectivity index (χ0v) is 14.5. The molecule has 1 heterocycles. The summed E-state index contributed by atoms with van der Waals surface area (Å²) in [6, 6.07) is 16.0. The van der Waals surface area contributed by atoms with Gasteiger partial charge in [-0.3, -0.25) is 9.36 Å². The maximum absolute atomic E-state index is 12.3. The van der Waals surface area contributed by atoms with E-state index in [1.54, 1.807) is 0 Å². The maximum Gasteiger partial charge on any atom is 0.162 e. The molecular formula is C21H24N2O. The van der Waals surface area contributed by atoms with Gasteiger partial charge < -0.3 is 0 Å². The third-order valence-corrected chi connectivity index (χ3v) is 4.43. The first-order valence-electron chi connectivity index (χ1n) is 8.78. The second-order valence-electron chi connectivity index (χ2n) is 6.26. The maximum atomic E-state index is 12.3. The molecule has 3 rings (SSSR count). The van der Waals surface area contributed by atoms with Gasteiger partial charge in [0.15, 0.2) is 5.78 Å². The number of para-hydroxylation sites is 2. The second kappa shape index (κ2) is 7.43. The minimum Gasteiger partial charge on any atom is -0.297 e. The summed E-state index contributed by atoms with van der Waals surface area (Å²) in [5.41, 5.74) is 3.93. The smallest absolute Gasteiger partial charge is 0.162 e. The fraction of sp³-hybridized carbons (Fsp3) is 0.333. The Morgan fingerprint density at radius 2 is 1.75 bits per heavy atom. The predicted octanol–water partition coefficient (Wildman–Crippen LogP) is 5.49. The van der Waals surface area contributed by atoms with E-state index < -0.39 is 0 Å². The molecule has 0 bridgehead atoms. The number of hydrogen-bond acceptors (Lipinski definition) is 2. The molecule has 0 amide bonds. The molecule has 0 aliphatic rings. The fourth-order valence-electron chi connectivity index (χ4n) is 3.13. The van der Waals surface area contributed by atoms with Crippen LogP contribution in [-0.4, -0.2) is 15.3 Å². The standard InChI is InChI=1S/C21H24N2O/c1-3-4-5-6-11-21(24)17-12-14-18(15-13-17)23-16(2)22-19-9-7-8-10-20(19)23/h7-10,12-15H,3-6,11H2,1-2H3. The lowest BCUT2D eigenvalue weighted by molar-refractivity contribution is 0.0979. The Morgan fingerprint density at radius 3 is 2.50 bits per heavy atom. The summed E-state index contributed by atoms with van der Waals surface area (Å²) >= 11 is 0. The van der Waals surface area contributed by atoms with E-state index in [2.05, 4.69) is 22.5 Å². The Bertz CT molecular complexity index is 831. The summed E-state index contributed by atoms with van der Waals surface area (Å²) in [5.74, 6) is 1.19. The van der Waals surface area contributed by atoms with Crippen molar-refractivity contribution in [3.05, 3.63) is 59.9 Å². The van der Waals surface area contributed by atoms with Gasteiger partial charge >= 0.3 is 0 Å². The molecule has 0 unspecified atom stereocenters. The Kier molecular flexibility index (Phi) is 5.09. The molecule has 1 aromatic heterocycles. The Morgan fingerprint density at radius 1 is 1.00 bits per heavy atom. The van der Waals surface area contributed by atoms with Crippen molar-refractivity contribution in [2.75, 3.05) is 0 Å². The number of unbranched alkanes of at least 4 members (excludes halogenated alkanes) is 3. The first-order chi connectivity index (χ1) is 11.7. The van der Waals surface area contributed by atoms with Crippen LogP contribution < -0.4 is 0 Å². The summed E-state index contributed by atoms with van der Waals surface area (Å²) in [5, 5.41) is 0. The highest BCUT2D eigenvalue weighted by atomic mass is 16.1. The number of aromatic nitrogens is 2. The zero-order chi connectivity index (χ0) is 16.9. The van der Waals surface area contributed by atoms with Crippen molar-refractivity contribution in [2.45, 2.75) is 46.0 Å². The van der Waals surface area contributed by atoms with Gasteiger partial charge in [-0.2, -0.15) is 0 Å². The van der Waals surface area contributed by atoms with Crippen LogP contribution in [-0.2, 0) is 0 Å². The number of fused-ring (bicyclic) bond motifs is 1. The van der Waals surface area contributed by atoms with Crippen LogP contribution in [0.25, 0.3) is 16.7 Å². The van der Waals surface area contributed by atoms with Crippen LogP contribution in [0.2, 0.25) is 0 Å². The van der Waals surface area contributed by atoms with Crippen LogP contribution in [0.3, 0.4) is 0 Å². The molecule has 2 aromatic carbocycles. The number of rotatable bonds is 7. The van der Waals surface area contributed by atoms with E-state index in [1.807, 2.05) is 49.4 Å². The number of carbonyl (C=O) groups excluding carboxylic acids is 1. The van der Waals surface area contributed by atoms with E-state index in [4.69, 9.17) is 0 Å². The van der Waals surface area contributed by atoms with Crippen LogP contribution in [0.4, 0.5) is 0 Å². The molecule has 24 heavy (non-hydrogen) atoms. The van der Waals surface area contributed by atoms with E-state index in [0.717, 1.165) is 41.0 Å². The van der Waals surface area contributed by atoms with Gasteiger partial charge in [-0.1, -0.05) is 38.3 Å². The third-order valence-electron chi connectivity index (χ3n) is 4.43. The van der Waals surface area contributed by atoms with E-state index in [9.17, 15) is 4.79 Å². The molecule has 0 aliphatic heterocycles. The summed E-state index contributed by atoms with van der Waals surface area (Å²) in [6.07, 6.45) is 5.17. The highest BCUT2D eigenvalue weighted by Gasteiger charge is 2.10. The van der Waals surface area contributed by atoms with Crippen LogP contribution in [0.5, 0.6) is 0 Å². The lowest BCUT2D eigenvalue weighted by Crippen LogP contribution is -2.01. The lowest BCUT2D eigenvalue weighted by atomic mass is 10.0. The third kappa shape index (κ3) is 3.40. The van der Waals surface area contributed by atoms with Gasteiger partial charge in [-0.05, 0) is 49.7 Å². The molecule has 0 atom stereocenters. The zero-order valence-electron chi connectivity index (χ0n) is 14.5. The first kappa shape index (κ1) is 16.4. The van der Waals surface area contributed by atoms with Crippen molar-refractivity contribution in [1.82, 2.24) is 9.55 Å². The molecule has 0 fully saturated rings. The van der Waals surface area contributed by atoms with Crippen LogP contribution in [0.1, 0.15) is 55.2 Å². The SMILES string of the molecule is CCCCCCC(=O)c1ccc(-n2c(C)nc3ccccc32)cc1. The number of nitrogens with zero attached hydrogens (tertiary/aromatic N) is 2. The van der Waals surface area contributed by atoms with E-state index >= 15 is 0 Å². The van der Waals surface area contributed by atoms with Crippen molar-refractivity contribution >= 4 is 16.8 Å². The number of aryl methyl sites for hydroxylation is 1. The van der Waals surface area contributed by atoms with E-state index in [0.29, 0.717) is 6.42 Å². The molecule has 0 spiro atoms. The molecule has 0 saturated carbocycles. The van der Waals surface area contributed by atoms with Crippen LogP contribution >= 0.6 is 0 Å². The molecule has 3 nitrogen and oxygen atoms in total. The normalized spacial score (nSPS) is 11.1. The molecule has 0 saturated heterocycles. The molecule has 0 radical (unpaired) electrons. The van der Waals surface area contributed by atoms with Crippen molar-refractivity contribution in [1.29, 1.82) is 0 Å². The quantitative estimate of drug-likeness (QED) is 0.426. The van der Waals surface area contributed by atoms with E-state index in [1.165, 1.54) is 12.8 Å². The Labute approximate surface area is 143 Å². The van der Waals surface area contributed by atoms with Gasteiger partial charge in [-0.25, -0.2) is 4.98 Å². The molecular weight excluding hydrogens is 296 g/mol. The van der Waals surface area contributed by atoms with E-state index in [-0.39, 0.29) is 5.78 Å². The number of imidazole rings is 1. The molecule has 0 N–H and O–H groups in total. The minimum atomic E-state index is 0.241. The topological polar surface area (TPSA) is 34.9 Å². The molecule has 0 aliphatic carbocycles. The highest BCUT2D eigenvalue weighted by molar-refractivity contribution is 5.96. The predicted molar refractivity (Wildman–Crippen MR) is 98.9 cm³/mol. The molecule has 3 heteroatoms. The van der Waals surface area contributed by atoms with Gasteiger partial charge in [-0.15, -0.1) is 0 Å². The number of Topliss-reactive ketones (excluding diaryl/α,β-unsaturated/α-hetero) is 1. The number of ketones is 1. The second-order valence-corrected chi connectivity index (χ2v) is 6.26. The average molecular weight is 320 g/mol. The van der Waals surface area contributed by atoms with Crippen molar-refractivity contribution in [3.63, 3.8) is 0 Å². The number of hydrogen-bond donors (Lipinski definition) is 0. The monoisotopic (exact) mass is 320 g/mol. The Balaban J connectivity index is 1.79. The van der Waals surface area contributed by atoms with Crippen LogP contribution in [0, 0.1) is 6.92 Å². The van der Waals surface area contributed by atoms with Gasteiger partial charge in [0, 0.05) is 17.7 Å². The van der Waals surface area contributed by atoms with Gasteiger partial charge in [0.2, 0.25) is 0 Å². The summed E-state index contributed by atoms with van der Waals surface area (Å²) in [4.78, 5) is 16.9. The van der Waals surface area contributed by atoms with Gasteiger partial charge in [0.05, 0.1) is 11.0 Å². The number of carbonyl (C=O) groups is 1. The van der Waals surface area contributed by atoms with Crippen molar-refractivity contribution in [2.24, 2.45) is 0 Å². The van der Waals surface area contributed by atoms with Gasteiger partial charge in [0.1, 0.15) is 5.82 Å². The first-order valence-corrected chi connectivity index (χ1v) is 8.78. The minimum absolute atomic E-state index is 0.241. The fourth-order valence-corrected chi connectivity index (χ4v) is 3.13. The highest BCUT2D eigenvalue weighted by Crippen LogP contribution is 2.21. The summed E-state index contributed by atoms with van der Waals surface area (Å²) in [6.45, 7) is 4.19.